The minimum absolute atomic E-state index is 0.201. The van der Waals surface area contributed by atoms with E-state index in [9.17, 15) is 14.4 Å². The molecule has 0 bridgehead atoms. The van der Waals surface area contributed by atoms with Gasteiger partial charge in [-0.3, -0.25) is 19.0 Å². The minimum atomic E-state index is -1.30. The summed E-state index contributed by atoms with van der Waals surface area (Å²) in [6.45, 7) is 6.25. The van der Waals surface area contributed by atoms with Crippen molar-refractivity contribution >= 4 is 27.7 Å². The van der Waals surface area contributed by atoms with Crippen molar-refractivity contribution in [3.8, 4) is 0 Å². The lowest BCUT2D eigenvalue weighted by Crippen LogP contribution is -2.40. The van der Waals surface area contributed by atoms with Gasteiger partial charge in [0.25, 0.3) is 5.56 Å². The Morgan fingerprint density at radius 2 is 2.05 bits per heavy atom. The highest BCUT2D eigenvalue weighted by atomic mass is 79.9. The van der Waals surface area contributed by atoms with Crippen molar-refractivity contribution in [2.45, 2.75) is 34.2 Å². The molecule has 0 aliphatic carbocycles. The number of nitrogens with zero attached hydrogens (tertiary/aromatic N) is 2. The van der Waals surface area contributed by atoms with E-state index in [0.29, 0.717) is 5.82 Å². The number of carbonyl (C=O) groups excluding carboxylic acids is 2. The van der Waals surface area contributed by atoms with Gasteiger partial charge in [-0.25, -0.2) is 4.98 Å². The standard InChI is InChI=1S/C13H17BrN2O4/c1-5-20-12(19)13(3,4)10(17)7-16-8(2)15-6-9(14)11(16)18/h6H,5,7H2,1-4H3. The average Bonchev–Trinajstić information content (AvgIpc) is 2.39. The maximum absolute atomic E-state index is 12.3. The van der Waals surface area contributed by atoms with Gasteiger partial charge in [0, 0.05) is 6.20 Å². The van der Waals surface area contributed by atoms with Gasteiger partial charge in [0.2, 0.25) is 0 Å². The molecule has 0 spiro atoms. The van der Waals surface area contributed by atoms with Crippen molar-refractivity contribution in [1.29, 1.82) is 0 Å². The molecular weight excluding hydrogens is 328 g/mol. The molecule has 6 nitrogen and oxygen atoms in total. The van der Waals surface area contributed by atoms with E-state index in [1.54, 1.807) is 13.8 Å². The Morgan fingerprint density at radius 1 is 1.45 bits per heavy atom. The number of aryl methyl sites for hydroxylation is 1. The smallest absolute Gasteiger partial charge is 0.319 e. The van der Waals surface area contributed by atoms with E-state index in [2.05, 4.69) is 20.9 Å². The largest absolute Gasteiger partial charge is 0.465 e. The lowest BCUT2D eigenvalue weighted by molar-refractivity contribution is -0.158. The Balaban J connectivity index is 3.05. The highest BCUT2D eigenvalue weighted by Gasteiger charge is 2.37. The minimum Gasteiger partial charge on any atom is -0.465 e. The first-order valence-electron chi connectivity index (χ1n) is 6.14. The SMILES string of the molecule is CCOC(=O)C(C)(C)C(=O)Cn1c(C)ncc(Br)c1=O. The summed E-state index contributed by atoms with van der Waals surface area (Å²) in [6.07, 6.45) is 1.38. The van der Waals surface area contributed by atoms with Gasteiger partial charge in [-0.2, -0.15) is 0 Å². The molecule has 0 aromatic carbocycles. The molecule has 0 aliphatic heterocycles. The van der Waals surface area contributed by atoms with E-state index in [1.165, 1.54) is 24.6 Å². The molecule has 1 rings (SSSR count). The van der Waals surface area contributed by atoms with Crippen molar-refractivity contribution in [3.63, 3.8) is 0 Å². The molecule has 0 fully saturated rings. The lowest BCUT2D eigenvalue weighted by Gasteiger charge is -2.21. The Kier molecular flexibility index (Phi) is 5.21. The Bertz CT molecular complexity index is 593. The molecule has 1 heterocycles. The molecule has 0 atom stereocenters. The number of ether oxygens (including phenoxy) is 1. The molecule has 1 aromatic heterocycles. The highest BCUT2D eigenvalue weighted by Crippen LogP contribution is 2.20. The second kappa shape index (κ2) is 6.30. The number of halogens is 1. The van der Waals surface area contributed by atoms with Gasteiger partial charge in [-0.1, -0.05) is 0 Å². The van der Waals surface area contributed by atoms with Crippen LogP contribution in [0.5, 0.6) is 0 Å². The lowest BCUT2D eigenvalue weighted by atomic mass is 9.88. The fraction of sp³-hybridized carbons (Fsp3) is 0.538. The van der Waals surface area contributed by atoms with Crippen LogP contribution >= 0.6 is 15.9 Å². The molecule has 1 aromatic rings. The summed E-state index contributed by atoms with van der Waals surface area (Å²) in [6, 6.07) is 0. The predicted molar refractivity (Wildman–Crippen MR) is 76.4 cm³/mol. The first kappa shape index (κ1) is 16.6. The number of Topliss-reactive ketones (excluding diaryl/α,β-unsaturated/α-hetero) is 1. The number of ketones is 1. The third-order valence-corrected chi connectivity index (χ3v) is 3.53. The van der Waals surface area contributed by atoms with E-state index >= 15 is 0 Å². The zero-order valence-corrected chi connectivity index (χ0v) is 13.5. The summed E-state index contributed by atoms with van der Waals surface area (Å²) in [5, 5.41) is 0. The fourth-order valence-electron chi connectivity index (χ4n) is 1.50. The van der Waals surface area contributed by atoms with Crippen LogP contribution in [-0.4, -0.2) is 27.9 Å². The van der Waals surface area contributed by atoms with Crippen molar-refractivity contribution in [2.75, 3.05) is 6.61 Å². The molecule has 110 valence electrons. The Labute approximate surface area is 125 Å². The van der Waals surface area contributed by atoms with Crippen LogP contribution in [0.1, 0.15) is 26.6 Å². The first-order chi connectivity index (χ1) is 9.21. The summed E-state index contributed by atoms with van der Waals surface area (Å²) >= 11 is 3.08. The average molecular weight is 345 g/mol. The molecule has 0 N–H and O–H groups in total. The maximum atomic E-state index is 12.3. The van der Waals surface area contributed by atoms with E-state index in [-0.39, 0.29) is 23.2 Å². The highest BCUT2D eigenvalue weighted by molar-refractivity contribution is 9.10. The van der Waals surface area contributed by atoms with Crippen LogP contribution in [0.15, 0.2) is 15.5 Å². The third-order valence-electron chi connectivity index (χ3n) is 2.99. The second-order valence-electron chi connectivity index (χ2n) is 4.81. The van der Waals surface area contributed by atoms with Crippen LogP contribution in [0.4, 0.5) is 0 Å². The van der Waals surface area contributed by atoms with Gasteiger partial charge < -0.3 is 4.74 Å². The number of rotatable bonds is 5. The zero-order chi connectivity index (χ0) is 15.5. The van der Waals surface area contributed by atoms with Gasteiger partial charge in [-0.05, 0) is 43.6 Å². The Hall–Kier alpha value is -1.50. The molecule has 0 radical (unpaired) electrons. The van der Waals surface area contributed by atoms with E-state index in [0.717, 1.165) is 0 Å². The van der Waals surface area contributed by atoms with Crippen LogP contribution in [0.2, 0.25) is 0 Å². The molecular formula is C13H17BrN2O4. The topological polar surface area (TPSA) is 78.3 Å². The van der Waals surface area contributed by atoms with Crippen molar-refractivity contribution in [3.05, 3.63) is 26.8 Å². The van der Waals surface area contributed by atoms with Gasteiger partial charge in [0.1, 0.15) is 15.7 Å². The second-order valence-corrected chi connectivity index (χ2v) is 5.67. The maximum Gasteiger partial charge on any atom is 0.319 e. The molecule has 0 saturated carbocycles. The van der Waals surface area contributed by atoms with Crippen LogP contribution in [0.25, 0.3) is 0 Å². The van der Waals surface area contributed by atoms with E-state index in [1.807, 2.05) is 0 Å². The first-order valence-corrected chi connectivity index (χ1v) is 6.93. The van der Waals surface area contributed by atoms with Crippen molar-refractivity contribution in [2.24, 2.45) is 5.41 Å². The molecule has 7 heteroatoms. The summed E-state index contributed by atoms with van der Waals surface area (Å²) in [5.74, 6) is -0.592. The predicted octanol–water partition coefficient (Wildman–Crippen LogP) is 1.47. The quantitative estimate of drug-likeness (QED) is 0.597. The normalized spacial score (nSPS) is 11.2. The van der Waals surface area contributed by atoms with Gasteiger partial charge in [-0.15, -0.1) is 0 Å². The number of hydrogen-bond donors (Lipinski definition) is 0. The van der Waals surface area contributed by atoms with Gasteiger partial charge >= 0.3 is 5.97 Å². The summed E-state index contributed by atoms with van der Waals surface area (Å²) in [7, 11) is 0. The van der Waals surface area contributed by atoms with Crippen LogP contribution in [0, 0.1) is 12.3 Å². The van der Waals surface area contributed by atoms with Crippen LogP contribution in [-0.2, 0) is 20.9 Å². The van der Waals surface area contributed by atoms with Crippen LogP contribution in [0.3, 0.4) is 0 Å². The van der Waals surface area contributed by atoms with Gasteiger partial charge in [0.15, 0.2) is 5.78 Å². The summed E-state index contributed by atoms with van der Waals surface area (Å²) in [4.78, 5) is 40.0. The Morgan fingerprint density at radius 3 is 2.60 bits per heavy atom. The van der Waals surface area contributed by atoms with Crippen molar-refractivity contribution in [1.82, 2.24) is 9.55 Å². The number of hydrogen-bond acceptors (Lipinski definition) is 5. The number of aromatic nitrogens is 2. The molecule has 0 saturated heterocycles. The summed E-state index contributed by atoms with van der Waals surface area (Å²) in [5.41, 5.74) is -1.66. The molecule has 0 unspecified atom stereocenters. The van der Waals surface area contributed by atoms with Crippen molar-refractivity contribution < 1.29 is 14.3 Å². The fourth-order valence-corrected chi connectivity index (χ4v) is 1.82. The van der Waals surface area contributed by atoms with E-state index < -0.39 is 17.2 Å². The molecule has 0 amide bonds. The third kappa shape index (κ3) is 3.33. The van der Waals surface area contributed by atoms with Crippen LogP contribution < -0.4 is 5.56 Å². The summed E-state index contributed by atoms with van der Waals surface area (Å²) < 4.78 is 6.38. The molecule has 0 aliphatic rings. The molecule has 20 heavy (non-hydrogen) atoms. The monoisotopic (exact) mass is 344 g/mol. The number of esters is 1. The number of carbonyl (C=O) groups is 2. The van der Waals surface area contributed by atoms with E-state index in [4.69, 9.17) is 4.74 Å². The zero-order valence-electron chi connectivity index (χ0n) is 11.9. The van der Waals surface area contributed by atoms with Gasteiger partial charge in [0.05, 0.1) is 13.2 Å².